The number of rotatable bonds is 5. The van der Waals surface area contributed by atoms with Crippen molar-refractivity contribution in [3.63, 3.8) is 0 Å². The van der Waals surface area contributed by atoms with Crippen LogP contribution >= 0.6 is 0 Å². The molecule has 3 aromatic carbocycles. The van der Waals surface area contributed by atoms with Crippen molar-refractivity contribution in [2.75, 3.05) is 13.2 Å². The molecule has 0 unspecified atom stereocenters. The van der Waals surface area contributed by atoms with Crippen molar-refractivity contribution in [1.29, 1.82) is 0 Å². The van der Waals surface area contributed by atoms with Crippen LogP contribution in [0.15, 0.2) is 59.0 Å². The Kier molecular flexibility index (Phi) is 3.96. The number of para-hydroxylation sites is 1. The van der Waals surface area contributed by atoms with E-state index in [0.29, 0.717) is 6.54 Å². The van der Waals surface area contributed by atoms with Crippen molar-refractivity contribution in [1.82, 2.24) is 5.32 Å². The number of nitrogens with one attached hydrogen (secondary N) is 1. The molecule has 0 aliphatic heterocycles. The average molecular weight is 335 g/mol. The first kappa shape index (κ1) is 16.1. The Morgan fingerprint density at radius 2 is 1.68 bits per heavy atom. The van der Waals surface area contributed by atoms with Gasteiger partial charge in [0.2, 0.25) is 0 Å². The van der Waals surface area contributed by atoms with E-state index in [0.717, 1.165) is 38.3 Å². The van der Waals surface area contributed by atoms with Crippen molar-refractivity contribution in [2.24, 2.45) is 0 Å². The molecule has 4 nitrogen and oxygen atoms in total. The molecule has 0 atom stereocenters. The summed E-state index contributed by atoms with van der Waals surface area (Å²) in [4.78, 5) is 0. The predicted octanol–water partition coefficient (Wildman–Crippen LogP) is 3.57. The minimum atomic E-state index is -0.714. The van der Waals surface area contributed by atoms with Gasteiger partial charge in [0.1, 0.15) is 11.2 Å². The molecule has 1 heterocycles. The molecule has 1 aromatic heterocycles. The second-order valence-corrected chi connectivity index (χ2v) is 6.78. The van der Waals surface area contributed by atoms with E-state index in [4.69, 9.17) is 4.42 Å². The Morgan fingerprint density at radius 1 is 0.880 bits per heavy atom. The van der Waals surface area contributed by atoms with Crippen molar-refractivity contribution in [3.8, 4) is 0 Å². The van der Waals surface area contributed by atoms with Gasteiger partial charge in [-0.2, -0.15) is 0 Å². The normalized spacial score (nSPS) is 12.4. The monoisotopic (exact) mass is 335 g/mol. The van der Waals surface area contributed by atoms with Crippen LogP contribution in [0.4, 0.5) is 0 Å². The molecule has 0 aliphatic carbocycles. The molecule has 0 amide bonds. The first-order valence-electron chi connectivity index (χ1n) is 8.44. The summed E-state index contributed by atoms with van der Waals surface area (Å²) < 4.78 is 6.00. The van der Waals surface area contributed by atoms with E-state index in [9.17, 15) is 10.2 Å². The van der Waals surface area contributed by atoms with Crippen LogP contribution in [0.3, 0.4) is 0 Å². The van der Waals surface area contributed by atoms with E-state index in [1.54, 1.807) is 6.92 Å². The van der Waals surface area contributed by atoms with Crippen molar-refractivity contribution in [3.05, 3.63) is 60.2 Å². The molecule has 4 heteroatoms. The number of hydrogen-bond donors (Lipinski definition) is 3. The quantitative estimate of drug-likeness (QED) is 0.522. The highest BCUT2D eigenvalue weighted by molar-refractivity contribution is 6.19. The Labute approximate surface area is 145 Å². The van der Waals surface area contributed by atoms with Crippen molar-refractivity contribution in [2.45, 2.75) is 19.0 Å². The van der Waals surface area contributed by atoms with Crippen LogP contribution in [0.5, 0.6) is 0 Å². The molecule has 128 valence electrons. The van der Waals surface area contributed by atoms with Gasteiger partial charge < -0.3 is 19.9 Å². The third-order valence-corrected chi connectivity index (χ3v) is 4.87. The molecular weight excluding hydrogens is 314 g/mol. The smallest absolute Gasteiger partial charge is 0.136 e. The number of aliphatic hydroxyl groups is 2. The molecule has 0 saturated heterocycles. The average Bonchev–Trinajstić information content (AvgIpc) is 3.04. The number of furan rings is 1. The summed E-state index contributed by atoms with van der Waals surface area (Å²) in [5.41, 5.74) is 2.15. The van der Waals surface area contributed by atoms with Gasteiger partial charge >= 0.3 is 0 Å². The summed E-state index contributed by atoms with van der Waals surface area (Å²) >= 11 is 0. The summed E-state index contributed by atoms with van der Waals surface area (Å²) in [6.07, 6.45) is 0. The highest BCUT2D eigenvalue weighted by atomic mass is 16.3. The summed E-state index contributed by atoms with van der Waals surface area (Å²) in [6.45, 7) is 2.10. The van der Waals surface area contributed by atoms with Gasteiger partial charge in [-0.3, -0.25) is 0 Å². The Hall–Kier alpha value is -2.40. The van der Waals surface area contributed by atoms with Gasteiger partial charge in [0, 0.05) is 17.3 Å². The predicted molar refractivity (Wildman–Crippen MR) is 101 cm³/mol. The topological polar surface area (TPSA) is 65.6 Å². The Morgan fingerprint density at radius 3 is 2.48 bits per heavy atom. The highest BCUT2D eigenvalue weighted by Gasteiger charge is 2.22. The van der Waals surface area contributed by atoms with E-state index < -0.39 is 5.54 Å². The van der Waals surface area contributed by atoms with Gasteiger partial charge in [0.25, 0.3) is 0 Å². The van der Waals surface area contributed by atoms with Crippen molar-refractivity contribution < 1.29 is 14.6 Å². The van der Waals surface area contributed by atoms with E-state index >= 15 is 0 Å². The number of aliphatic hydroxyl groups excluding tert-OH is 2. The van der Waals surface area contributed by atoms with Crippen LogP contribution in [0.25, 0.3) is 32.7 Å². The zero-order valence-corrected chi connectivity index (χ0v) is 14.1. The molecule has 0 fully saturated rings. The fourth-order valence-corrected chi connectivity index (χ4v) is 3.29. The molecular formula is C21H21NO3. The second-order valence-electron chi connectivity index (χ2n) is 6.78. The summed E-state index contributed by atoms with van der Waals surface area (Å²) in [5.74, 6) is 0. The zero-order valence-electron chi connectivity index (χ0n) is 14.1. The van der Waals surface area contributed by atoms with Gasteiger partial charge in [-0.25, -0.2) is 0 Å². The maximum Gasteiger partial charge on any atom is 0.136 e. The molecule has 25 heavy (non-hydrogen) atoms. The lowest BCUT2D eigenvalue weighted by atomic mass is 9.97. The summed E-state index contributed by atoms with van der Waals surface area (Å²) in [5, 5.41) is 26.8. The van der Waals surface area contributed by atoms with Gasteiger partial charge in [-0.05, 0) is 35.4 Å². The van der Waals surface area contributed by atoms with E-state index in [1.807, 2.05) is 30.3 Å². The molecule has 0 radical (unpaired) electrons. The fourth-order valence-electron chi connectivity index (χ4n) is 3.29. The van der Waals surface area contributed by atoms with Crippen LogP contribution in [-0.2, 0) is 6.54 Å². The SMILES string of the molecule is CC(CO)(CO)NCc1cccc2ccc3oc4ccccc4c3c12. The molecule has 0 spiro atoms. The third-order valence-electron chi connectivity index (χ3n) is 4.87. The lowest BCUT2D eigenvalue weighted by Crippen LogP contribution is -2.48. The van der Waals surface area contributed by atoms with Gasteiger partial charge in [-0.15, -0.1) is 0 Å². The minimum Gasteiger partial charge on any atom is -0.456 e. The van der Waals surface area contributed by atoms with Gasteiger partial charge in [0.05, 0.1) is 18.8 Å². The number of hydrogen-bond acceptors (Lipinski definition) is 4. The fraction of sp³-hybridized carbons (Fsp3) is 0.238. The lowest BCUT2D eigenvalue weighted by molar-refractivity contribution is 0.103. The van der Waals surface area contributed by atoms with Crippen LogP contribution in [0, 0.1) is 0 Å². The number of fused-ring (bicyclic) bond motifs is 5. The highest BCUT2D eigenvalue weighted by Crippen LogP contribution is 2.36. The third kappa shape index (κ3) is 2.68. The van der Waals surface area contributed by atoms with Crippen molar-refractivity contribution >= 4 is 32.7 Å². The molecule has 3 N–H and O–H groups in total. The molecule has 0 saturated carbocycles. The minimum absolute atomic E-state index is 0.127. The first-order valence-corrected chi connectivity index (χ1v) is 8.44. The summed E-state index contributed by atoms with van der Waals surface area (Å²) in [6, 6.07) is 18.3. The standard InChI is InChI=1S/C21H21NO3/c1-21(12-23,13-24)22-11-15-6-4-5-14-9-10-18-20(19(14)15)16-7-2-3-8-17(16)25-18/h2-10,22-24H,11-13H2,1H3. The lowest BCUT2D eigenvalue weighted by Gasteiger charge is -2.26. The zero-order chi connectivity index (χ0) is 17.4. The van der Waals surface area contributed by atoms with E-state index in [1.165, 1.54) is 0 Å². The van der Waals surface area contributed by atoms with Gasteiger partial charge in [0.15, 0.2) is 0 Å². The first-order chi connectivity index (χ1) is 12.1. The molecule has 4 rings (SSSR count). The second kappa shape index (κ2) is 6.15. The number of benzene rings is 3. The maximum absolute atomic E-state index is 9.52. The van der Waals surface area contributed by atoms with Crippen LogP contribution < -0.4 is 5.32 Å². The maximum atomic E-state index is 9.52. The Bertz CT molecular complexity index is 1050. The van der Waals surface area contributed by atoms with Crippen LogP contribution in [-0.4, -0.2) is 29.0 Å². The molecule has 4 aromatic rings. The molecule has 0 bridgehead atoms. The molecule has 0 aliphatic rings. The largest absolute Gasteiger partial charge is 0.456 e. The van der Waals surface area contributed by atoms with Crippen LogP contribution in [0.1, 0.15) is 12.5 Å². The summed E-state index contributed by atoms with van der Waals surface area (Å²) in [7, 11) is 0. The van der Waals surface area contributed by atoms with Gasteiger partial charge in [-0.1, -0.05) is 42.5 Å². The van der Waals surface area contributed by atoms with Crippen LogP contribution in [0.2, 0.25) is 0 Å². The van der Waals surface area contributed by atoms with E-state index in [2.05, 4.69) is 29.6 Å². The van der Waals surface area contributed by atoms with E-state index in [-0.39, 0.29) is 13.2 Å². The Balaban J connectivity index is 1.92.